The first kappa shape index (κ1) is 19.2. The summed E-state index contributed by atoms with van der Waals surface area (Å²) in [6, 6.07) is 15.7. The first-order valence-corrected chi connectivity index (χ1v) is 10.0. The molecule has 2 aromatic heterocycles. The number of nitrogens with zero attached hydrogens (tertiary/aromatic N) is 3. The fourth-order valence-corrected chi connectivity index (χ4v) is 3.51. The number of nitrogens with one attached hydrogen (secondary N) is 1. The second kappa shape index (κ2) is 8.10. The molecule has 7 nitrogen and oxygen atoms in total. The van der Waals surface area contributed by atoms with Crippen LogP contribution in [0.15, 0.2) is 64.5 Å². The van der Waals surface area contributed by atoms with Crippen molar-refractivity contribution in [3.05, 3.63) is 75.5 Å². The largest absolute Gasteiger partial charge is 0.426 e. The van der Waals surface area contributed by atoms with Crippen LogP contribution in [0, 0.1) is 6.92 Å². The number of thioether (sulfide) groups is 1. The number of benzene rings is 2. The summed E-state index contributed by atoms with van der Waals surface area (Å²) in [5.74, 6) is 0.539. The Balaban J connectivity index is 1.60. The van der Waals surface area contributed by atoms with Gasteiger partial charge in [0.2, 0.25) is 0 Å². The molecule has 0 saturated heterocycles. The van der Waals surface area contributed by atoms with Gasteiger partial charge >= 0.3 is 5.97 Å². The Morgan fingerprint density at radius 1 is 1.17 bits per heavy atom. The lowest BCUT2D eigenvalue weighted by molar-refractivity contribution is -0.131. The third kappa shape index (κ3) is 4.33. The Bertz CT molecular complexity index is 1250. The Morgan fingerprint density at radius 2 is 1.93 bits per heavy atom. The van der Waals surface area contributed by atoms with Crippen LogP contribution < -0.4 is 10.3 Å². The molecule has 146 valence electrons. The van der Waals surface area contributed by atoms with E-state index in [9.17, 15) is 9.59 Å². The maximum Gasteiger partial charge on any atom is 0.321 e. The van der Waals surface area contributed by atoms with Crippen molar-refractivity contribution in [1.82, 2.24) is 19.6 Å². The smallest absolute Gasteiger partial charge is 0.321 e. The van der Waals surface area contributed by atoms with E-state index in [1.807, 2.05) is 19.1 Å². The molecule has 9 heteroatoms. The summed E-state index contributed by atoms with van der Waals surface area (Å²) in [6.07, 6.45) is 0. The van der Waals surface area contributed by atoms with Crippen molar-refractivity contribution in [3.8, 4) is 17.1 Å². The van der Waals surface area contributed by atoms with E-state index in [1.165, 1.54) is 10.6 Å². The molecule has 0 bridgehead atoms. The SMILES string of the molecule is Cc1ccccc1OC(=O)CSc1nc(-c2ccc(Cl)cc2)nc2cc(=O)[nH]n12. The average Bonchev–Trinajstić information content (AvgIpc) is 3.08. The number of halogens is 1. The first-order chi connectivity index (χ1) is 14.0. The molecule has 0 radical (unpaired) electrons. The monoisotopic (exact) mass is 426 g/mol. The molecule has 0 amide bonds. The van der Waals surface area contributed by atoms with Gasteiger partial charge in [-0.2, -0.15) is 0 Å². The third-order valence-electron chi connectivity index (χ3n) is 4.06. The number of esters is 1. The predicted octanol–water partition coefficient (Wildman–Crippen LogP) is 3.74. The van der Waals surface area contributed by atoms with E-state index >= 15 is 0 Å². The molecule has 4 aromatic rings. The minimum absolute atomic E-state index is 0.0146. The van der Waals surface area contributed by atoms with Crippen molar-refractivity contribution in [1.29, 1.82) is 0 Å². The topological polar surface area (TPSA) is 89.3 Å². The van der Waals surface area contributed by atoms with E-state index < -0.39 is 5.97 Å². The third-order valence-corrected chi connectivity index (χ3v) is 5.23. The van der Waals surface area contributed by atoms with Crippen molar-refractivity contribution < 1.29 is 9.53 Å². The van der Waals surface area contributed by atoms with Crippen LogP contribution in [0.4, 0.5) is 0 Å². The van der Waals surface area contributed by atoms with Crippen LogP contribution in [0.3, 0.4) is 0 Å². The molecule has 0 unspecified atom stereocenters. The second-order valence-corrected chi connectivity index (χ2v) is 7.56. The molecule has 1 N–H and O–H groups in total. The molecular weight excluding hydrogens is 412 g/mol. The summed E-state index contributed by atoms with van der Waals surface area (Å²) < 4.78 is 6.87. The van der Waals surface area contributed by atoms with Crippen LogP contribution in [-0.2, 0) is 4.79 Å². The number of para-hydroxylation sites is 1. The minimum atomic E-state index is -0.418. The summed E-state index contributed by atoms with van der Waals surface area (Å²) in [7, 11) is 0. The highest BCUT2D eigenvalue weighted by molar-refractivity contribution is 7.99. The number of rotatable bonds is 5. The van der Waals surface area contributed by atoms with Gasteiger partial charge in [-0.25, -0.2) is 14.5 Å². The van der Waals surface area contributed by atoms with Crippen LogP contribution in [0.1, 0.15) is 5.56 Å². The van der Waals surface area contributed by atoms with Crippen LogP contribution in [0.2, 0.25) is 5.02 Å². The molecule has 0 aliphatic heterocycles. The van der Waals surface area contributed by atoms with Crippen LogP contribution >= 0.6 is 23.4 Å². The van der Waals surface area contributed by atoms with Gasteiger partial charge in [-0.05, 0) is 42.8 Å². The number of aryl methyl sites for hydroxylation is 1. The quantitative estimate of drug-likeness (QED) is 0.297. The summed E-state index contributed by atoms with van der Waals surface area (Å²) in [5, 5.41) is 3.66. The standard InChI is InChI=1S/C20H15ClN4O3S/c1-12-4-2-3-5-15(12)28-18(27)11-29-20-23-19(13-6-8-14(21)9-7-13)22-16-10-17(26)24-25(16)20/h2-10H,11H2,1H3,(H,24,26). The van der Waals surface area contributed by atoms with Crippen LogP contribution in [0.5, 0.6) is 5.75 Å². The normalized spacial score (nSPS) is 11.0. The number of carbonyl (C=O) groups is 1. The molecule has 0 aliphatic rings. The lowest BCUT2D eigenvalue weighted by atomic mass is 10.2. The van der Waals surface area contributed by atoms with E-state index in [1.54, 1.807) is 36.4 Å². The Labute approximate surface area is 174 Å². The van der Waals surface area contributed by atoms with Gasteiger partial charge in [0, 0.05) is 16.7 Å². The van der Waals surface area contributed by atoms with E-state index in [-0.39, 0.29) is 11.3 Å². The van der Waals surface area contributed by atoms with Crippen molar-refractivity contribution in [2.45, 2.75) is 12.1 Å². The lowest BCUT2D eigenvalue weighted by Crippen LogP contribution is -2.13. The molecular formula is C20H15ClN4O3S. The molecule has 0 fully saturated rings. The van der Waals surface area contributed by atoms with Crippen LogP contribution in [-0.4, -0.2) is 31.3 Å². The molecule has 0 spiro atoms. The predicted molar refractivity (Wildman–Crippen MR) is 112 cm³/mol. The lowest BCUT2D eigenvalue weighted by Gasteiger charge is -2.09. The van der Waals surface area contributed by atoms with Gasteiger partial charge in [0.05, 0.1) is 5.75 Å². The molecule has 2 heterocycles. The maximum atomic E-state index is 12.3. The van der Waals surface area contributed by atoms with Gasteiger partial charge in [-0.15, -0.1) is 0 Å². The fourth-order valence-electron chi connectivity index (χ4n) is 2.66. The van der Waals surface area contributed by atoms with Gasteiger partial charge < -0.3 is 4.74 Å². The van der Waals surface area contributed by atoms with Gasteiger partial charge in [0.1, 0.15) is 5.75 Å². The summed E-state index contributed by atoms with van der Waals surface area (Å²) in [5.41, 5.74) is 1.71. The van der Waals surface area contributed by atoms with Gasteiger partial charge in [-0.1, -0.05) is 41.6 Å². The van der Waals surface area contributed by atoms with Crippen molar-refractivity contribution in [2.24, 2.45) is 0 Å². The Hall–Kier alpha value is -3.10. The Morgan fingerprint density at radius 3 is 2.69 bits per heavy atom. The molecule has 0 saturated carbocycles. The average molecular weight is 427 g/mol. The number of ether oxygens (including phenoxy) is 1. The number of hydrogen-bond donors (Lipinski definition) is 1. The number of fused-ring (bicyclic) bond motifs is 1. The fraction of sp³-hybridized carbons (Fsp3) is 0.100. The summed E-state index contributed by atoms with van der Waals surface area (Å²) in [4.78, 5) is 33.0. The minimum Gasteiger partial charge on any atom is -0.426 e. The van der Waals surface area contributed by atoms with E-state index in [0.29, 0.717) is 27.4 Å². The van der Waals surface area contributed by atoms with Crippen molar-refractivity contribution >= 4 is 35.0 Å². The zero-order valence-corrected chi connectivity index (χ0v) is 16.8. The molecule has 29 heavy (non-hydrogen) atoms. The number of aromatic nitrogens is 4. The molecule has 2 aromatic carbocycles. The zero-order chi connectivity index (χ0) is 20.4. The van der Waals surface area contributed by atoms with Crippen molar-refractivity contribution in [2.75, 3.05) is 5.75 Å². The zero-order valence-electron chi connectivity index (χ0n) is 15.3. The highest BCUT2D eigenvalue weighted by Gasteiger charge is 2.14. The number of hydrogen-bond acceptors (Lipinski definition) is 6. The van der Waals surface area contributed by atoms with Crippen LogP contribution in [0.25, 0.3) is 17.0 Å². The van der Waals surface area contributed by atoms with Crippen molar-refractivity contribution in [3.63, 3.8) is 0 Å². The highest BCUT2D eigenvalue weighted by Crippen LogP contribution is 2.23. The van der Waals surface area contributed by atoms with Gasteiger partial charge in [0.15, 0.2) is 16.6 Å². The molecule has 0 atom stereocenters. The van der Waals surface area contributed by atoms with E-state index in [0.717, 1.165) is 22.9 Å². The number of aromatic amines is 1. The Kier molecular flexibility index (Phi) is 5.37. The summed E-state index contributed by atoms with van der Waals surface area (Å²) in [6.45, 7) is 1.87. The van der Waals surface area contributed by atoms with Gasteiger partial charge in [0.25, 0.3) is 5.56 Å². The first-order valence-electron chi connectivity index (χ1n) is 8.64. The highest BCUT2D eigenvalue weighted by atomic mass is 35.5. The maximum absolute atomic E-state index is 12.3. The molecule has 0 aliphatic carbocycles. The second-order valence-electron chi connectivity index (χ2n) is 6.18. The number of H-pyrrole nitrogens is 1. The van der Waals surface area contributed by atoms with Gasteiger partial charge in [-0.3, -0.25) is 14.7 Å². The van der Waals surface area contributed by atoms with E-state index in [4.69, 9.17) is 16.3 Å². The summed E-state index contributed by atoms with van der Waals surface area (Å²) >= 11 is 7.09. The molecule has 4 rings (SSSR count). The number of carbonyl (C=O) groups excluding carboxylic acids is 1. The van der Waals surface area contributed by atoms with E-state index in [2.05, 4.69) is 15.1 Å².